The van der Waals surface area contributed by atoms with Crippen molar-refractivity contribution >= 4 is 15.7 Å². The van der Waals surface area contributed by atoms with Crippen LogP contribution in [-0.2, 0) is 15.8 Å². The molecule has 0 aromatic heterocycles. The summed E-state index contributed by atoms with van der Waals surface area (Å²) in [6.45, 7) is 2.06. The largest absolute Gasteiger partial charge is 0.399 e. The Labute approximate surface area is 128 Å². The first kappa shape index (κ1) is 16.3. The van der Waals surface area contributed by atoms with E-state index in [9.17, 15) is 8.42 Å². The minimum atomic E-state index is -3.30. The van der Waals surface area contributed by atoms with E-state index in [1.165, 1.54) is 19.3 Å². The second kappa shape index (κ2) is 7.27. The van der Waals surface area contributed by atoms with Crippen molar-refractivity contribution in [1.29, 1.82) is 0 Å². The van der Waals surface area contributed by atoms with Crippen molar-refractivity contribution in [2.45, 2.75) is 57.2 Å². The Kier molecular flexibility index (Phi) is 5.65. The first-order valence-electron chi connectivity index (χ1n) is 7.84. The highest BCUT2D eigenvalue weighted by Crippen LogP contribution is 2.28. The number of rotatable bonds is 6. The van der Waals surface area contributed by atoms with Gasteiger partial charge in [-0.05, 0) is 42.9 Å². The number of hydrogen-bond donors (Lipinski definition) is 2. The monoisotopic (exact) mass is 310 g/mol. The van der Waals surface area contributed by atoms with Crippen LogP contribution < -0.4 is 10.5 Å². The van der Waals surface area contributed by atoms with E-state index in [1.807, 2.05) is 0 Å². The Morgan fingerprint density at radius 3 is 2.38 bits per heavy atom. The maximum Gasteiger partial charge on any atom is 0.216 e. The van der Waals surface area contributed by atoms with Gasteiger partial charge in [0.05, 0.1) is 5.75 Å². The van der Waals surface area contributed by atoms with E-state index in [1.54, 1.807) is 24.3 Å². The average Bonchev–Trinajstić information content (AvgIpc) is 2.48. The zero-order chi connectivity index (χ0) is 15.3. The van der Waals surface area contributed by atoms with Crippen molar-refractivity contribution in [3.8, 4) is 0 Å². The predicted molar refractivity (Wildman–Crippen MR) is 87.3 cm³/mol. The molecule has 1 unspecified atom stereocenters. The number of hydrogen-bond acceptors (Lipinski definition) is 3. The number of nitrogens with one attached hydrogen (secondary N) is 1. The normalized spacial score (nSPS) is 18.5. The van der Waals surface area contributed by atoms with Crippen LogP contribution in [0, 0.1) is 5.92 Å². The fourth-order valence-electron chi connectivity index (χ4n) is 3.16. The molecule has 5 heteroatoms. The quantitative estimate of drug-likeness (QED) is 0.793. The SMILES string of the molecule is CCC(NS(=O)(=O)Cc1ccc(N)cc1)C1CCCCC1. The Bertz CT molecular complexity index is 534. The maximum atomic E-state index is 12.4. The molecule has 2 rings (SSSR count). The fourth-order valence-corrected chi connectivity index (χ4v) is 4.69. The van der Waals surface area contributed by atoms with E-state index in [-0.39, 0.29) is 11.8 Å². The lowest BCUT2D eigenvalue weighted by Gasteiger charge is -2.30. The smallest absolute Gasteiger partial charge is 0.216 e. The molecule has 1 saturated carbocycles. The molecule has 0 bridgehead atoms. The van der Waals surface area contributed by atoms with E-state index in [2.05, 4.69) is 11.6 Å². The molecule has 1 atom stereocenters. The van der Waals surface area contributed by atoms with Crippen molar-refractivity contribution in [2.24, 2.45) is 5.92 Å². The lowest BCUT2D eigenvalue weighted by atomic mass is 9.83. The molecule has 21 heavy (non-hydrogen) atoms. The van der Waals surface area contributed by atoms with Crippen LogP contribution in [0.3, 0.4) is 0 Å². The molecule has 0 amide bonds. The van der Waals surface area contributed by atoms with Gasteiger partial charge in [0.1, 0.15) is 0 Å². The molecule has 4 nitrogen and oxygen atoms in total. The van der Waals surface area contributed by atoms with Crippen molar-refractivity contribution in [3.05, 3.63) is 29.8 Å². The van der Waals surface area contributed by atoms with Crippen LogP contribution >= 0.6 is 0 Å². The predicted octanol–water partition coefficient (Wildman–Crippen LogP) is 3.05. The summed E-state index contributed by atoms with van der Waals surface area (Å²) in [6, 6.07) is 7.10. The molecule has 0 aliphatic heterocycles. The Morgan fingerprint density at radius 1 is 1.19 bits per heavy atom. The molecule has 0 spiro atoms. The van der Waals surface area contributed by atoms with Gasteiger partial charge in [0.25, 0.3) is 0 Å². The maximum absolute atomic E-state index is 12.4. The third kappa shape index (κ3) is 5.00. The number of nitrogen functional groups attached to an aromatic ring is 1. The van der Waals surface area contributed by atoms with Gasteiger partial charge in [-0.3, -0.25) is 0 Å². The van der Waals surface area contributed by atoms with Crippen LogP contribution in [0.5, 0.6) is 0 Å². The molecule has 1 aliphatic rings. The molecule has 1 aliphatic carbocycles. The average molecular weight is 310 g/mol. The molecule has 1 aromatic rings. The Hall–Kier alpha value is -1.07. The molecule has 118 valence electrons. The molecule has 0 saturated heterocycles. The summed E-state index contributed by atoms with van der Waals surface area (Å²) in [5, 5.41) is 0. The molecular formula is C16H26N2O2S. The summed E-state index contributed by atoms with van der Waals surface area (Å²) in [6.07, 6.45) is 6.87. The number of nitrogens with two attached hydrogens (primary N) is 1. The van der Waals surface area contributed by atoms with Gasteiger partial charge < -0.3 is 5.73 Å². The summed E-state index contributed by atoms with van der Waals surface area (Å²) < 4.78 is 27.6. The van der Waals surface area contributed by atoms with Gasteiger partial charge in [-0.25, -0.2) is 13.1 Å². The minimum Gasteiger partial charge on any atom is -0.399 e. The van der Waals surface area contributed by atoms with Gasteiger partial charge in [-0.15, -0.1) is 0 Å². The first-order chi connectivity index (χ1) is 10.00. The van der Waals surface area contributed by atoms with Crippen molar-refractivity contribution in [1.82, 2.24) is 4.72 Å². The second-order valence-electron chi connectivity index (χ2n) is 6.03. The third-order valence-corrected chi connectivity index (χ3v) is 5.70. The molecule has 0 radical (unpaired) electrons. The Balaban J connectivity index is 1.99. The van der Waals surface area contributed by atoms with Crippen molar-refractivity contribution in [2.75, 3.05) is 5.73 Å². The van der Waals surface area contributed by atoms with Crippen LogP contribution in [0.4, 0.5) is 5.69 Å². The van der Waals surface area contributed by atoms with E-state index >= 15 is 0 Å². The highest BCUT2D eigenvalue weighted by Gasteiger charge is 2.26. The lowest BCUT2D eigenvalue weighted by molar-refractivity contribution is 0.285. The van der Waals surface area contributed by atoms with Gasteiger partial charge in [0, 0.05) is 11.7 Å². The molecule has 1 aromatic carbocycles. The topological polar surface area (TPSA) is 72.2 Å². The first-order valence-corrected chi connectivity index (χ1v) is 9.50. The van der Waals surface area contributed by atoms with Crippen LogP contribution in [0.15, 0.2) is 24.3 Å². The van der Waals surface area contributed by atoms with Gasteiger partial charge in [-0.1, -0.05) is 38.3 Å². The van der Waals surface area contributed by atoms with E-state index in [0.717, 1.165) is 24.8 Å². The van der Waals surface area contributed by atoms with Crippen LogP contribution in [0.25, 0.3) is 0 Å². The highest BCUT2D eigenvalue weighted by atomic mass is 32.2. The summed E-state index contributed by atoms with van der Waals surface area (Å²) in [5.74, 6) is 0.515. The van der Waals surface area contributed by atoms with E-state index < -0.39 is 10.0 Å². The molecular weight excluding hydrogens is 284 g/mol. The standard InChI is InChI=1S/C16H26N2O2S/c1-2-16(14-6-4-3-5-7-14)18-21(19,20)12-13-8-10-15(17)11-9-13/h8-11,14,16,18H,2-7,12,17H2,1H3. The van der Waals surface area contributed by atoms with Crippen LogP contribution in [-0.4, -0.2) is 14.5 Å². The van der Waals surface area contributed by atoms with Crippen LogP contribution in [0.1, 0.15) is 51.0 Å². The minimum absolute atomic E-state index is 0.0243. The number of sulfonamides is 1. The highest BCUT2D eigenvalue weighted by molar-refractivity contribution is 7.88. The molecule has 1 fully saturated rings. The summed E-state index contributed by atoms with van der Waals surface area (Å²) in [5.41, 5.74) is 7.05. The van der Waals surface area contributed by atoms with Crippen molar-refractivity contribution < 1.29 is 8.42 Å². The van der Waals surface area contributed by atoms with E-state index in [0.29, 0.717) is 11.6 Å². The Morgan fingerprint density at radius 2 is 1.81 bits per heavy atom. The summed E-state index contributed by atoms with van der Waals surface area (Å²) >= 11 is 0. The third-order valence-electron chi connectivity index (χ3n) is 4.33. The van der Waals surface area contributed by atoms with Crippen molar-refractivity contribution in [3.63, 3.8) is 0 Å². The van der Waals surface area contributed by atoms with Crippen LogP contribution in [0.2, 0.25) is 0 Å². The molecule has 3 N–H and O–H groups in total. The zero-order valence-corrected chi connectivity index (χ0v) is 13.5. The lowest BCUT2D eigenvalue weighted by Crippen LogP contribution is -2.41. The van der Waals surface area contributed by atoms with Gasteiger partial charge in [-0.2, -0.15) is 0 Å². The fraction of sp³-hybridized carbons (Fsp3) is 0.625. The second-order valence-corrected chi connectivity index (χ2v) is 7.79. The van der Waals surface area contributed by atoms with Gasteiger partial charge >= 0.3 is 0 Å². The summed E-state index contributed by atoms with van der Waals surface area (Å²) in [4.78, 5) is 0. The van der Waals surface area contributed by atoms with Gasteiger partial charge in [0.2, 0.25) is 10.0 Å². The molecule has 0 heterocycles. The number of benzene rings is 1. The summed E-state index contributed by atoms with van der Waals surface area (Å²) in [7, 11) is -3.30. The zero-order valence-electron chi connectivity index (χ0n) is 12.7. The van der Waals surface area contributed by atoms with E-state index in [4.69, 9.17) is 5.73 Å². The van der Waals surface area contributed by atoms with Gasteiger partial charge in [0.15, 0.2) is 0 Å². The number of anilines is 1.